The van der Waals surface area contributed by atoms with Gasteiger partial charge in [0.05, 0.1) is 10.2 Å². The molecule has 0 aliphatic heterocycles. The van der Waals surface area contributed by atoms with Gasteiger partial charge in [0.2, 0.25) is 0 Å². The maximum atomic E-state index is 9.31. The third-order valence-electron chi connectivity index (χ3n) is 1.72. The van der Waals surface area contributed by atoms with Crippen molar-refractivity contribution in [2.75, 3.05) is 0 Å². The summed E-state index contributed by atoms with van der Waals surface area (Å²) in [6, 6.07) is 5.55. The Morgan fingerprint density at radius 2 is 2.31 bits per heavy atom. The van der Waals surface area contributed by atoms with Gasteiger partial charge < -0.3 is 5.11 Å². The summed E-state index contributed by atoms with van der Waals surface area (Å²) in [6.07, 6.45) is -0.504. The average molecular weight is 214 g/mol. The van der Waals surface area contributed by atoms with E-state index in [-0.39, 0.29) is 0 Å². The first-order chi connectivity index (χ1) is 6.16. The Kier molecular flexibility index (Phi) is 2.24. The zero-order valence-corrected chi connectivity index (χ0v) is 8.56. The molecule has 1 atom stereocenters. The summed E-state index contributed by atoms with van der Waals surface area (Å²) in [4.78, 5) is 4.26. The molecule has 0 radical (unpaired) electrons. The van der Waals surface area contributed by atoms with Crippen molar-refractivity contribution in [2.45, 2.75) is 13.0 Å². The van der Waals surface area contributed by atoms with Crippen molar-refractivity contribution in [2.24, 2.45) is 0 Å². The fraction of sp³-hybridized carbons (Fsp3) is 0.222. The molecule has 0 aliphatic rings. The second kappa shape index (κ2) is 3.25. The van der Waals surface area contributed by atoms with Crippen molar-refractivity contribution in [1.29, 1.82) is 0 Å². The average Bonchev–Trinajstić information content (AvgIpc) is 2.46. The van der Waals surface area contributed by atoms with Crippen LogP contribution in [0.1, 0.15) is 18.0 Å². The van der Waals surface area contributed by atoms with Gasteiger partial charge in [-0.05, 0) is 25.1 Å². The van der Waals surface area contributed by atoms with Crippen molar-refractivity contribution in [3.63, 3.8) is 0 Å². The van der Waals surface area contributed by atoms with Gasteiger partial charge in [-0.15, -0.1) is 11.3 Å². The van der Waals surface area contributed by atoms with E-state index in [1.807, 2.05) is 12.1 Å². The van der Waals surface area contributed by atoms with E-state index < -0.39 is 6.10 Å². The van der Waals surface area contributed by atoms with E-state index in [1.54, 1.807) is 13.0 Å². The van der Waals surface area contributed by atoms with Gasteiger partial charge in [0.1, 0.15) is 11.1 Å². The van der Waals surface area contributed by atoms with E-state index >= 15 is 0 Å². The fourth-order valence-electron chi connectivity index (χ4n) is 1.10. The number of halogens is 1. The van der Waals surface area contributed by atoms with E-state index in [0.29, 0.717) is 5.02 Å². The molecule has 2 nitrogen and oxygen atoms in total. The van der Waals surface area contributed by atoms with Gasteiger partial charge >= 0.3 is 0 Å². The number of aliphatic hydroxyl groups is 1. The number of nitrogens with zero attached hydrogens (tertiary/aromatic N) is 1. The van der Waals surface area contributed by atoms with Crippen molar-refractivity contribution in [3.05, 3.63) is 28.2 Å². The SMILES string of the molecule is C[C@@H](O)c1nc2cc(Cl)ccc2s1. The predicted octanol–water partition coefficient (Wildman–Crippen LogP) is 3.00. The molecule has 2 rings (SSSR count). The minimum absolute atomic E-state index is 0.504. The van der Waals surface area contributed by atoms with E-state index in [2.05, 4.69) is 4.98 Å². The fourth-order valence-corrected chi connectivity index (χ4v) is 2.15. The minimum Gasteiger partial charge on any atom is -0.386 e. The first-order valence-electron chi connectivity index (χ1n) is 3.91. The molecule has 4 heteroatoms. The molecule has 0 saturated heterocycles. The van der Waals surface area contributed by atoms with Crippen LogP contribution in [0.25, 0.3) is 10.2 Å². The molecule has 1 aromatic carbocycles. The topological polar surface area (TPSA) is 33.1 Å². The normalized spacial score (nSPS) is 13.5. The lowest BCUT2D eigenvalue weighted by atomic mass is 10.3. The standard InChI is InChI=1S/C9H8ClNOS/c1-5(12)9-11-7-4-6(10)2-3-8(7)13-9/h2-5,12H,1H3/t5-/m1/s1. The third-order valence-corrected chi connectivity index (χ3v) is 3.17. The highest BCUT2D eigenvalue weighted by Crippen LogP contribution is 2.27. The molecule has 68 valence electrons. The summed E-state index contributed by atoms with van der Waals surface area (Å²) in [5.74, 6) is 0. The zero-order valence-electron chi connectivity index (χ0n) is 6.99. The lowest BCUT2D eigenvalue weighted by molar-refractivity contribution is 0.199. The number of benzene rings is 1. The largest absolute Gasteiger partial charge is 0.386 e. The molecule has 0 aliphatic carbocycles. The van der Waals surface area contributed by atoms with Crippen LogP contribution in [0.4, 0.5) is 0 Å². The van der Waals surface area contributed by atoms with Crippen molar-refractivity contribution in [3.8, 4) is 0 Å². The van der Waals surface area contributed by atoms with Gasteiger partial charge in [-0.1, -0.05) is 11.6 Å². The molecule has 13 heavy (non-hydrogen) atoms. The summed E-state index contributed by atoms with van der Waals surface area (Å²) in [5, 5.41) is 10.7. The van der Waals surface area contributed by atoms with Crippen LogP contribution in [0.2, 0.25) is 5.02 Å². The Hall–Kier alpha value is -0.640. The van der Waals surface area contributed by atoms with E-state index in [0.717, 1.165) is 15.2 Å². The monoisotopic (exact) mass is 213 g/mol. The molecule has 0 amide bonds. The van der Waals surface area contributed by atoms with Crippen LogP contribution in [0.3, 0.4) is 0 Å². The molecule has 1 N–H and O–H groups in total. The molecule has 1 aromatic heterocycles. The Morgan fingerprint density at radius 3 is 3.00 bits per heavy atom. The molecule has 2 aromatic rings. The first-order valence-corrected chi connectivity index (χ1v) is 5.10. The maximum absolute atomic E-state index is 9.31. The number of aromatic nitrogens is 1. The van der Waals surface area contributed by atoms with Gasteiger partial charge in [0, 0.05) is 5.02 Å². The van der Waals surface area contributed by atoms with Crippen molar-refractivity contribution < 1.29 is 5.11 Å². The van der Waals surface area contributed by atoms with E-state index in [9.17, 15) is 5.11 Å². The van der Waals surface area contributed by atoms with Gasteiger partial charge in [-0.3, -0.25) is 0 Å². The molecular formula is C9H8ClNOS. The first kappa shape index (κ1) is 8.94. The second-order valence-electron chi connectivity index (χ2n) is 2.84. The third kappa shape index (κ3) is 1.68. The Morgan fingerprint density at radius 1 is 1.54 bits per heavy atom. The van der Waals surface area contributed by atoms with Gasteiger partial charge in [0.15, 0.2) is 0 Å². The second-order valence-corrected chi connectivity index (χ2v) is 4.34. The van der Waals surface area contributed by atoms with Crippen LogP contribution >= 0.6 is 22.9 Å². The molecular weight excluding hydrogens is 206 g/mol. The number of hydrogen-bond donors (Lipinski definition) is 1. The highest BCUT2D eigenvalue weighted by Gasteiger charge is 2.08. The van der Waals surface area contributed by atoms with E-state index in [4.69, 9.17) is 11.6 Å². The van der Waals surface area contributed by atoms with Crippen molar-refractivity contribution >= 4 is 33.2 Å². The quantitative estimate of drug-likeness (QED) is 0.790. The highest BCUT2D eigenvalue weighted by atomic mass is 35.5. The van der Waals surface area contributed by atoms with Crippen LogP contribution in [0.15, 0.2) is 18.2 Å². The molecule has 0 saturated carbocycles. The number of fused-ring (bicyclic) bond motifs is 1. The van der Waals surface area contributed by atoms with Crippen LogP contribution in [-0.4, -0.2) is 10.1 Å². The molecule has 0 spiro atoms. The van der Waals surface area contributed by atoms with E-state index in [1.165, 1.54) is 11.3 Å². The molecule has 0 fully saturated rings. The molecule has 1 heterocycles. The summed E-state index contributed by atoms with van der Waals surface area (Å²) in [6.45, 7) is 1.71. The van der Waals surface area contributed by atoms with Crippen molar-refractivity contribution in [1.82, 2.24) is 4.98 Å². The predicted molar refractivity (Wildman–Crippen MR) is 55.3 cm³/mol. The minimum atomic E-state index is -0.504. The smallest absolute Gasteiger partial charge is 0.122 e. The Balaban J connectivity index is 2.62. The highest BCUT2D eigenvalue weighted by molar-refractivity contribution is 7.18. The summed E-state index contributed by atoms with van der Waals surface area (Å²) in [7, 11) is 0. The van der Waals surface area contributed by atoms with Crippen LogP contribution in [0, 0.1) is 0 Å². The molecule has 0 bridgehead atoms. The van der Waals surface area contributed by atoms with Crippen LogP contribution in [-0.2, 0) is 0 Å². The number of rotatable bonds is 1. The van der Waals surface area contributed by atoms with Crippen LogP contribution in [0.5, 0.6) is 0 Å². The molecule has 0 unspecified atom stereocenters. The number of hydrogen-bond acceptors (Lipinski definition) is 3. The number of thiazole rings is 1. The van der Waals surface area contributed by atoms with Gasteiger partial charge in [0.25, 0.3) is 0 Å². The Labute approximate surface area is 84.8 Å². The van der Waals surface area contributed by atoms with Crippen LogP contribution < -0.4 is 0 Å². The lowest BCUT2D eigenvalue weighted by Gasteiger charge is -1.93. The summed E-state index contributed by atoms with van der Waals surface area (Å²) < 4.78 is 1.06. The summed E-state index contributed by atoms with van der Waals surface area (Å²) in [5.41, 5.74) is 0.855. The maximum Gasteiger partial charge on any atom is 0.122 e. The Bertz CT molecular complexity index is 438. The lowest BCUT2D eigenvalue weighted by Crippen LogP contribution is -1.87. The van der Waals surface area contributed by atoms with Gasteiger partial charge in [-0.25, -0.2) is 4.98 Å². The summed E-state index contributed by atoms with van der Waals surface area (Å²) >= 11 is 7.30. The zero-order chi connectivity index (χ0) is 9.42. The van der Waals surface area contributed by atoms with Gasteiger partial charge in [-0.2, -0.15) is 0 Å². The number of aliphatic hydroxyl groups excluding tert-OH is 1.